The Bertz CT molecular complexity index is 841. The molecule has 0 aromatic rings. The summed E-state index contributed by atoms with van der Waals surface area (Å²) in [7, 11) is 0. The van der Waals surface area contributed by atoms with Crippen molar-refractivity contribution >= 4 is 70.8 Å². The van der Waals surface area contributed by atoms with Crippen LogP contribution in [0.1, 0.15) is 51.4 Å². The van der Waals surface area contributed by atoms with Gasteiger partial charge in [-0.2, -0.15) is 47.0 Å². The Morgan fingerprint density at radius 2 is 0.848 bits per heavy atom. The van der Waals surface area contributed by atoms with Crippen LogP contribution in [0.2, 0.25) is 0 Å². The number of amides is 2. The van der Waals surface area contributed by atoms with Crippen LogP contribution < -0.4 is 0 Å². The van der Waals surface area contributed by atoms with Crippen molar-refractivity contribution in [2.75, 3.05) is 72.2 Å². The summed E-state index contributed by atoms with van der Waals surface area (Å²) < 4.78 is 11.7. The Balaban J connectivity index is 2.43. The van der Waals surface area contributed by atoms with E-state index in [0.29, 0.717) is 51.9 Å². The first-order valence-corrected chi connectivity index (χ1v) is 20.6. The van der Waals surface area contributed by atoms with E-state index in [9.17, 15) is 19.2 Å². The highest BCUT2D eigenvalue weighted by atomic mass is 32.2. The Hall–Kier alpha value is -1.76. The van der Waals surface area contributed by atoms with Crippen LogP contribution in [0.15, 0.2) is 50.6 Å². The highest BCUT2D eigenvalue weighted by Gasteiger charge is 2.19. The van der Waals surface area contributed by atoms with E-state index >= 15 is 0 Å². The average Bonchev–Trinajstić information content (AvgIpc) is 3.02. The normalized spacial score (nSPS) is 18.3. The van der Waals surface area contributed by atoms with Gasteiger partial charge in [0.1, 0.15) is 12.2 Å². The number of ether oxygens (including phenoxy) is 2. The Kier molecular flexibility index (Phi) is 26.0. The number of hydrogen-bond acceptors (Lipinski definition) is 10. The topological polar surface area (TPSA) is 93.2 Å². The average molecular weight is 715 g/mol. The fraction of sp³-hybridized carbons (Fsp3) is 0.647. The molecule has 0 saturated carbocycles. The molecule has 1 heterocycles. The molecule has 0 bridgehead atoms. The van der Waals surface area contributed by atoms with Crippen molar-refractivity contribution < 1.29 is 28.7 Å². The second-order valence-electron chi connectivity index (χ2n) is 10.7. The molecule has 0 atom stereocenters. The van der Waals surface area contributed by atoms with Crippen LogP contribution in [0.5, 0.6) is 0 Å². The lowest BCUT2D eigenvalue weighted by Crippen LogP contribution is -2.31. The molecule has 0 unspecified atom stereocenters. The molecule has 0 aromatic carbocycles. The maximum Gasteiger partial charge on any atom is 0.306 e. The van der Waals surface area contributed by atoms with Crippen molar-refractivity contribution in [1.29, 1.82) is 0 Å². The molecule has 0 N–H and O–H groups in total. The molecule has 1 rings (SSSR count). The van der Waals surface area contributed by atoms with Crippen molar-refractivity contribution in [1.82, 2.24) is 9.80 Å². The van der Waals surface area contributed by atoms with E-state index in [0.717, 1.165) is 58.9 Å². The van der Waals surface area contributed by atoms with Crippen molar-refractivity contribution in [3.63, 3.8) is 0 Å². The molecule has 0 aromatic heterocycles. The summed E-state index contributed by atoms with van der Waals surface area (Å²) in [6.45, 7) is 16.6. The fourth-order valence-corrected chi connectivity index (χ4v) is 8.89. The lowest BCUT2D eigenvalue weighted by molar-refractivity contribution is -0.148. The van der Waals surface area contributed by atoms with E-state index in [1.807, 2.05) is 0 Å². The summed E-state index contributed by atoms with van der Waals surface area (Å²) >= 11 is 7.19. The van der Waals surface area contributed by atoms with Gasteiger partial charge in [-0.1, -0.05) is 24.3 Å². The summed E-state index contributed by atoms with van der Waals surface area (Å²) in [5.41, 5.74) is 0. The number of esters is 2. The largest absolute Gasteiger partial charge is 0.461 e. The number of rotatable bonds is 18. The molecule has 1 fully saturated rings. The zero-order valence-corrected chi connectivity index (χ0v) is 30.7. The van der Waals surface area contributed by atoms with E-state index in [4.69, 9.17) is 9.47 Å². The first kappa shape index (κ1) is 42.3. The number of carbonyl (C=O) groups is 4. The highest BCUT2D eigenvalue weighted by molar-refractivity contribution is 8.01. The molecule has 1 saturated heterocycles. The Morgan fingerprint density at radius 3 is 1.13 bits per heavy atom. The second kappa shape index (κ2) is 28.3. The number of nitrogens with zero attached hydrogens (tertiary/aromatic N) is 2. The predicted molar refractivity (Wildman–Crippen MR) is 200 cm³/mol. The highest BCUT2D eigenvalue weighted by Crippen LogP contribution is 2.20. The van der Waals surface area contributed by atoms with Gasteiger partial charge in [0.2, 0.25) is 11.8 Å². The Labute approximate surface area is 294 Å². The van der Waals surface area contributed by atoms with Crippen LogP contribution in [0.4, 0.5) is 0 Å². The van der Waals surface area contributed by atoms with Crippen LogP contribution in [-0.4, -0.2) is 118 Å². The minimum absolute atomic E-state index is 0.0110. The molecule has 0 radical (unpaired) electrons. The molecule has 0 aliphatic carbocycles. The molecule has 1 aliphatic rings. The standard InChI is InChI=1S/C34H54N2O6S4/c1-5-17-35(18-6-2)31(37)13-9-15-33(39)41-29-25-43-21-11-23-45-27-30(28-46-24-12-22-44-26-29)42-34(40)16-10-14-32(38)36(19-7-3)20-8-4/h5-8,29-30H,1-4,9-28H2. The third-order valence-electron chi connectivity index (χ3n) is 6.61. The quantitative estimate of drug-likeness (QED) is 0.119. The third kappa shape index (κ3) is 21.2. The predicted octanol–water partition coefficient (Wildman–Crippen LogP) is 6.28. The van der Waals surface area contributed by atoms with Gasteiger partial charge in [-0.25, -0.2) is 0 Å². The number of thioether (sulfide) groups is 4. The van der Waals surface area contributed by atoms with Crippen LogP contribution in [-0.2, 0) is 28.7 Å². The lowest BCUT2D eigenvalue weighted by Gasteiger charge is -2.20. The van der Waals surface area contributed by atoms with E-state index in [-0.39, 0.29) is 48.8 Å². The third-order valence-corrected chi connectivity index (χ3v) is 11.4. The molecule has 260 valence electrons. The van der Waals surface area contributed by atoms with Crippen molar-refractivity contribution in [3.8, 4) is 0 Å². The van der Waals surface area contributed by atoms with Gasteiger partial charge in [0, 0.05) is 74.9 Å². The van der Waals surface area contributed by atoms with E-state index in [2.05, 4.69) is 26.3 Å². The lowest BCUT2D eigenvalue weighted by atomic mass is 10.2. The van der Waals surface area contributed by atoms with E-state index in [1.165, 1.54) is 0 Å². The van der Waals surface area contributed by atoms with Gasteiger partial charge in [-0.15, -0.1) is 26.3 Å². The van der Waals surface area contributed by atoms with Crippen LogP contribution >= 0.6 is 47.0 Å². The molecule has 1 aliphatic heterocycles. The van der Waals surface area contributed by atoms with Gasteiger partial charge >= 0.3 is 11.9 Å². The zero-order valence-electron chi connectivity index (χ0n) is 27.4. The minimum atomic E-state index is -0.243. The van der Waals surface area contributed by atoms with Gasteiger partial charge in [0.15, 0.2) is 0 Å². The van der Waals surface area contributed by atoms with E-state index in [1.54, 1.807) is 81.2 Å². The minimum Gasteiger partial charge on any atom is -0.461 e. The summed E-state index contributed by atoms with van der Waals surface area (Å²) in [4.78, 5) is 53.3. The van der Waals surface area contributed by atoms with Crippen LogP contribution in [0.25, 0.3) is 0 Å². The molecule has 2 amide bonds. The smallest absolute Gasteiger partial charge is 0.306 e. The summed E-state index contributed by atoms with van der Waals surface area (Å²) in [5, 5.41) is 0. The first-order valence-electron chi connectivity index (χ1n) is 16.0. The van der Waals surface area contributed by atoms with Crippen molar-refractivity contribution in [2.45, 2.75) is 63.6 Å². The van der Waals surface area contributed by atoms with Gasteiger partial charge < -0.3 is 19.3 Å². The van der Waals surface area contributed by atoms with Gasteiger partial charge in [-0.05, 0) is 48.7 Å². The van der Waals surface area contributed by atoms with Gasteiger partial charge in [-0.3, -0.25) is 19.2 Å². The van der Waals surface area contributed by atoms with Crippen LogP contribution in [0, 0.1) is 0 Å². The van der Waals surface area contributed by atoms with Crippen molar-refractivity contribution in [2.24, 2.45) is 0 Å². The number of carbonyl (C=O) groups excluding carboxylic acids is 4. The summed E-state index contributed by atoms with van der Waals surface area (Å²) in [6, 6.07) is 0. The molecular formula is C34H54N2O6S4. The van der Waals surface area contributed by atoms with Crippen molar-refractivity contribution in [3.05, 3.63) is 50.6 Å². The Morgan fingerprint density at radius 1 is 0.543 bits per heavy atom. The van der Waals surface area contributed by atoms with E-state index < -0.39 is 0 Å². The maximum absolute atomic E-state index is 12.6. The van der Waals surface area contributed by atoms with Gasteiger partial charge in [0.25, 0.3) is 0 Å². The molecular weight excluding hydrogens is 661 g/mol. The van der Waals surface area contributed by atoms with Gasteiger partial charge in [0.05, 0.1) is 0 Å². The molecule has 0 spiro atoms. The maximum atomic E-state index is 12.6. The molecule has 46 heavy (non-hydrogen) atoms. The summed E-state index contributed by atoms with van der Waals surface area (Å²) in [5.74, 6) is 6.37. The molecule has 12 heteroatoms. The first-order chi connectivity index (χ1) is 22.3. The zero-order chi connectivity index (χ0) is 33.8. The SMILES string of the molecule is C=CCN(CC=C)C(=O)CCCC(=O)OC1CSCCCSCC(OC(=O)CCCC(=O)N(CC=C)CC=C)CSCCCSC1. The second-order valence-corrected chi connectivity index (χ2v) is 15.3. The monoisotopic (exact) mass is 714 g/mol. The number of hydrogen-bond donors (Lipinski definition) is 0. The summed E-state index contributed by atoms with van der Waals surface area (Å²) in [6.07, 6.45) is 10.5. The fourth-order valence-electron chi connectivity index (χ4n) is 4.37. The molecule has 8 nitrogen and oxygen atoms in total. The van der Waals surface area contributed by atoms with Crippen LogP contribution in [0.3, 0.4) is 0 Å².